The molecule has 0 amide bonds. The van der Waals surface area contributed by atoms with Crippen molar-refractivity contribution in [3.63, 3.8) is 0 Å². The summed E-state index contributed by atoms with van der Waals surface area (Å²) in [5.74, 6) is 0. The Labute approximate surface area is 167 Å². The first-order valence-corrected chi connectivity index (χ1v) is 9.48. The van der Waals surface area contributed by atoms with Gasteiger partial charge < -0.3 is 10.4 Å². The normalized spacial score (nSPS) is 20.0. The lowest BCUT2D eigenvalue weighted by atomic mass is 9.74. The summed E-state index contributed by atoms with van der Waals surface area (Å²) in [7, 11) is 0. The third kappa shape index (κ3) is 6.22. The van der Waals surface area contributed by atoms with Crippen LogP contribution in [-0.4, -0.2) is 17.7 Å². The van der Waals surface area contributed by atoms with Crippen molar-refractivity contribution in [2.75, 3.05) is 6.54 Å². The zero-order valence-electron chi connectivity index (χ0n) is 16.9. The smallest absolute Gasteiger partial charge is 0.387 e. The van der Waals surface area contributed by atoms with E-state index in [0.717, 1.165) is 19.3 Å². The number of hydrogen-bond donors (Lipinski definition) is 2. The van der Waals surface area contributed by atoms with Crippen LogP contribution in [0.2, 0.25) is 0 Å². The molecular formula is C21H27F6NO. The van der Waals surface area contributed by atoms with Crippen LogP contribution in [0.25, 0.3) is 0 Å². The summed E-state index contributed by atoms with van der Waals surface area (Å²) >= 11 is 0. The van der Waals surface area contributed by atoms with Gasteiger partial charge in [-0.2, -0.15) is 26.3 Å². The van der Waals surface area contributed by atoms with Crippen LogP contribution in [-0.2, 0) is 12.4 Å². The van der Waals surface area contributed by atoms with Crippen LogP contribution in [0, 0.1) is 5.41 Å². The molecule has 29 heavy (non-hydrogen) atoms. The fourth-order valence-corrected chi connectivity index (χ4v) is 3.57. The highest BCUT2D eigenvalue weighted by molar-refractivity contribution is 5.35. The highest BCUT2D eigenvalue weighted by atomic mass is 19.4. The molecule has 0 heterocycles. The molecule has 0 bridgehead atoms. The molecule has 0 spiro atoms. The van der Waals surface area contributed by atoms with Gasteiger partial charge in [0.1, 0.15) is 0 Å². The summed E-state index contributed by atoms with van der Waals surface area (Å²) in [6.45, 7) is 8.30. The van der Waals surface area contributed by atoms with E-state index in [0.29, 0.717) is 18.7 Å². The van der Waals surface area contributed by atoms with Gasteiger partial charge in [-0.05, 0) is 62.3 Å². The second-order valence-electron chi connectivity index (χ2n) is 8.68. The molecule has 2 N–H and O–H groups in total. The predicted molar refractivity (Wildman–Crippen MR) is 99.2 cm³/mol. The maximum absolute atomic E-state index is 13.0. The van der Waals surface area contributed by atoms with Crippen molar-refractivity contribution in [1.29, 1.82) is 0 Å². The molecule has 1 aromatic rings. The van der Waals surface area contributed by atoms with Crippen molar-refractivity contribution in [3.8, 4) is 0 Å². The van der Waals surface area contributed by atoms with Crippen LogP contribution in [0.1, 0.15) is 69.8 Å². The number of hydrogen-bond acceptors (Lipinski definition) is 2. The molecule has 0 unspecified atom stereocenters. The lowest BCUT2D eigenvalue weighted by Crippen LogP contribution is -2.35. The van der Waals surface area contributed by atoms with E-state index in [2.05, 4.69) is 19.2 Å². The Bertz CT molecular complexity index is 731. The zero-order valence-corrected chi connectivity index (χ0v) is 16.9. The largest absolute Gasteiger partial charge is 0.416 e. The molecule has 0 fully saturated rings. The van der Waals surface area contributed by atoms with E-state index in [1.165, 1.54) is 11.1 Å². The minimum atomic E-state index is -4.94. The number of benzene rings is 1. The van der Waals surface area contributed by atoms with Crippen molar-refractivity contribution < 1.29 is 31.4 Å². The average molecular weight is 423 g/mol. The average Bonchev–Trinajstić information content (AvgIpc) is 2.59. The van der Waals surface area contributed by atoms with E-state index in [1.54, 1.807) is 6.92 Å². The first-order chi connectivity index (χ1) is 13.1. The molecule has 1 aromatic carbocycles. The summed E-state index contributed by atoms with van der Waals surface area (Å²) in [6.07, 6.45) is -8.54. The highest BCUT2D eigenvalue weighted by Gasteiger charge is 2.38. The molecule has 1 aliphatic carbocycles. The Hall–Kier alpha value is -1.54. The maximum atomic E-state index is 13.0. The quantitative estimate of drug-likeness (QED) is 0.433. The molecule has 0 saturated carbocycles. The number of alkyl halides is 6. The Morgan fingerprint density at radius 3 is 2.03 bits per heavy atom. The summed E-state index contributed by atoms with van der Waals surface area (Å²) in [5, 5.41) is 13.5. The zero-order chi connectivity index (χ0) is 22.2. The molecule has 0 radical (unpaired) electrons. The van der Waals surface area contributed by atoms with Gasteiger partial charge >= 0.3 is 12.4 Å². The summed E-state index contributed by atoms with van der Waals surface area (Å²) in [5.41, 5.74) is -0.734. The van der Waals surface area contributed by atoms with Gasteiger partial charge in [-0.25, -0.2) is 0 Å². The van der Waals surface area contributed by atoms with E-state index in [1.807, 2.05) is 6.92 Å². The number of aliphatic hydroxyl groups excluding tert-OH is 1. The molecule has 0 saturated heterocycles. The maximum Gasteiger partial charge on any atom is 0.416 e. The predicted octanol–water partition coefficient (Wildman–Crippen LogP) is 6.26. The monoisotopic (exact) mass is 423 g/mol. The topological polar surface area (TPSA) is 32.3 Å². The molecule has 2 nitrogen and oxygen atoms in total. The SMILES string of the molecule is CC1=C(CN[C@@H](C)[C@H](O)c2cc(C(F)(F)F)cc(C(F)(F)F)c2)CC(C)(C)CC1. The Balaban J connectivity index is 2.21. The number of rotatable bonds is 5. The first-order valence-electron chi connectivity index (χ1n) is 9.48. The third-order valence-corrected chi connectivity index (χ3v) is 5.53. The number of aliphatic hydroxyl groups is 1. The fraction of sp³-hybridized carbons (Fsp3) is 0.619. The van der Waals surface area contributed by atoms with Crippen molar-refractivity contribution >= 4 is 0 Å². The lowest BCUT2D eigenvalue weighted by Gasteiger charge is -2.33. The first kappa shape index (κ1) is 23.7. The second-order valence-corrected chi connectivity index (χ2v) is 8.68. The minimum absolute atomic E-state index is 0.0621. The Morgan fingerprint density at radius 2 is 1.55 bits per heavy atom. The van der Waals surface area contributed by atoms with Gasteiger partial charge in [-0.3, -0.25) is 0 Å². The van der Waals surface area contributed by atoms with Crippen molar-refractivity contribution in [3.05, 3.63) is 46.0 Å². The van der Waals surface area contributed by atoms with Gasteiger partial charge in [0.2, 0.25) is 0 Å². The number of halogens is 6. The fourth-order valence-electron chi connectivity index (χ4n) is 3.57. The molecule has 0 aromatic heterocycles. The van der Waals surface area contributed by atoms with E-state index in [4.69, 9.17) is 0 Å². The molecule has 2 atom stereocenters. The van der Waals surface area contributed by atoms with Gasteiger partial charge in [0.05, 0.1) is 17.2 Å². The van der Waals surface area contributed by atoms with Crippen LogP contribution < -0.4 is 5.32 Å². The molecule has 1 aliphatic rings. The van der Waals surface area contributed by atoms with Crippen LogP contribution >= 0.6 is 0 Å². The third-order valence-electron chi connectivity index (χ3n) is 5.53. The lowest BCUT2D eigenvalue weighted by molar-refractivity contribution is -0.143. The summed E-state index contributed by atoms with van der Waals surface area (Å²) in [4.78, 5) is 0. The number of allylic oxidation sites excluding steroid dienone is 1. The minimum Gasteiger partial charge on any atom is -0.387 e. The van der Waals surface area contributed by atoms with Gasteiger partial charge in [0, 0.05) is 12.6 Å². The molecule has 164 valence electrons. The van der Waals surface area contributed by atoms with Gasteiger partial charge in [0.25, 0.3) is 0 Å². The Kier molecular flexibility index (Phi) is 6.79. The molecular weight excluding hydrogens is 396 g/mol. The van der Waals surface area contributed by atoms with E-state index < -0.39 is 41.2 Å². The summed E-state index contributed by atoms with van der Waals surface area (Å²) in [6, 6.07) is 0.482. The second kappa shape index (κ2) is 8.30. The van der Waals surface area contributed by atoms with Gasteiger partial charge in [0.15, 0.2) is 0 Å². The van der Waals surface area contributed by atoms with Gasteiger partial charge in [-0.15, -0.1) is 0 Å². The Morgan fingerprint density at radius 1 is 1.03 bits per heavy atom. The van der Waals surface area contributed by atoms with Crippen molar-refractivity contribution in [1.82, 2.24) is 5.32 Å². The molecule has 8 heteroatoms. The summed E-state index contributed by atoms with van der Waals surface area (Å²) < 4.78 is 78.2. The van der Waals surface area contributed by atoms with Crippen LogP contribution in [0.4, 0.5) is 26.3 Å². The van der Waals surface area contributed by atoms with Gasteiger partial charge in [-0.1, -0.05) is 25.0 Å². The molecule has 2 rings (SSSR count). The molecule has 0 aliphatic heterocycles. The van der Waals surface area contributed by atoms with E-state index in [-0.39, 0.29) is 11.5 Å². The standard InChI is InChI=1S/C21H27F6NO/c1-12-5-6-19(3,4)10-15(12)11-28-13(2)18(29)14-7-16(20(22,23)24)9-17(8-14)21(25,26)27/h7-9,13,18,28-29H,5-6,10-11H2,1-4H3/t13-,18-/m0/s1. The van der Waals surface area contributed by atoms with E-state index in [9.17, 15) is 31.4 Å². The van der Waals surface area contributed by atoms with E-state index >= 15 is 0 Å². The van der Waals surface area contributed by atoms with Crippen LogP contribution in [0.5, 0.6) is 0 Å². The van der Waals surface area contributed by atoms with Crippen molar-refractivity contribution in [2.24, 2.45) is 5.41 Å². The highest BCUT2D eigenvalue weighted by Crippen LogP contribution is 2.39. The van der Waals surface area contributed by atoms with Crippen LogP contribution in [0.3, 0.4) is 0 Å². The van der Waals surface area contributed by atoms with Crippen LogP contribution in [0.15, 0.2) is 29.3 Å². The number of nitrogens with one attached hydrogen (secondary N) is 1. The van der Waals surface area contributed by atoms with Crippen molar-refractivity contribution in [2.45, 2.75) is 71.5 Å².